The number of nitrogens with zero attached hydrogens (tertiary/aromatic N) is 1. The molecule has 0 aromatic heterocycles. The molecule has 1 aliphatic heterocycles. The van der Waals surface area contributed by atoms with Crippen molar-refractivity contribution in [2.45, 2.75) is 30.2 Å². The Bertz CT molecular complexity index is 596. The van der Waals surface area contributed by atoms with Gasteiger partial charge in [0.1, 0.15) is 5.75 Å². The molecule has 1 aromatic rings. The van der Waals surface area contributed by atoms with Gasteiger partial charge in [-0.3, -0.25) is 0 Å². The highest BCUT2D eigenvalue weighted by Gasteiger charge is 2.32. The SMILES string of the molecule is NOC1CCN(S(=O)(=O)c2ccc(OC(F)(F)F)cc2)CC1. The average Bonchev–Trinajstić information content (AvgIpc) is 2.46. The minimum Gasteiger partial charge on any atom is -0.406 e. The third-order valence-corrected chi connectivity index (χ3v) is 5.20. The second-order valence-electron chi connectivity index (χ2n) is 4.76. The summed E-state index contributed by atoms with van der Waals surface area (Å²) in [6, 6.07) is 4.11. The van der Waals surface area contributed by atoms with Crippen molar-refractivity contribution in [2.75, 3.05) is 13.1 Å². The third-order valence-electron chi connectivity index (χ3n) is 3.29. The monoisotopic (exact) mass is 340 g/mol. The highest BCUT2D eigenvalue weighted by atomic mass is 32.2. The molecule has 0 aliphatic carbocycles. The summed E-state index contributed by atoms with van der Waals surface area (Å²) in [5.74, 6) is 4.59. The van der Waals surface area contributed by atoms with Gasteiger partial charge in [-0.05, 0) is 37.1 Å². The number of piperidine rings is 1. The molecular weight excluding hydrogens is 325 g/mol. The van der Waals surface area contributed by atoms with Crippen LogP contribution in [0.1, 0.15) is 12.8 Å². The predicted molar refractivity (Wildman–Crippen MR) is 70.2 cm³/mol. The fourth-order valence-corrected chi connectivity index (χ4v) is 3.64. The fraction of sp³-hybridized carbons (Fsp3) is 0.500. The molecule has 2 N–H and O–H groups in total. The Morgan fingerprint density at radius 2 is 1.68 bits per heavy atom. The molecule has 0 amide bonds. The van der Waals surface area contributed by atoms with E-state index in [9.17, 15) is 21.6 Å². The Morgan fingerprint density at radius 1 is 1.14 bits per heavy atom. The summed E-state index contributed by atoms with van der Waals surface area (Å²) in [5, 5.41) is 0. The van der Waals surface area contributed by atoms with E-state index in [-0.39, 0.29) is 24.1 Å². The summed E-state index contributed by atoms with van der Waals surface area (Å²) in [6.07, 6.45) is -4.07. The molecule has 1 aliphatic rings. The molecule has 1 aromatic carbocycles. The molecule has 6 nitrogen and oxygen atoms in total. The first kappa shape index (κ1) is 17.0. The van der Waals surface area contributed by atoms with Gasteiger partial charge in [0.25, 0.3) is 0 Å². The first-order chi connectivity index (χ1) is 10.2. The van der Waals surface area contributed by atoms with Gasteiger partial charge >= 0.3 is 6.36 Å². The minimum atomic E-state index is -4.81. The van der Waals surface area contributed by atoms with Crippen molar-refractivity contribution in [2.24, 2.45) is 5.90 Å². The van der Waals surface area contributed by atoms with Crippen molar-refractivity contribution in [1.29, 1.82) is 0 Å². The molecule has 0 unspecified atom stereocenters. The Morgan fingerprint density at radius 3 is 2.14 bits per heavy atom. The largest absolute Gasteiger partial charge is 0.573 e. The van der Waals surface area contributed by atoms with Crippen LogP contribution in [0.15, 0.2) is 29.2 Å². The van der Waals surface area contributed by atoms with Gasteiger partial charge in [-0.2, -0.15) is 4.31 Å². The van der Waals surface area contributed by atoms with Gasteiger partial charge in [0.2, 0.25) is 10.0 Å². The molecule has 0 saturated carbocycles. The molecule has 1 fully saturated rings. The van der Waals surface area contributed by atoms with Crippen molar-refractivity contribution in [3.63, 3.8) is 0 Å². The lowest BCUT2D eigenvalue weighted by molar-refractivity contribution is -0.274. The Balaban J connectivity index is 2.10. The second kappa shape index (κ2) is 6.41. The third kappa shape index (κ3) is 4.09. The van der Waals surface area contributed by atoms with Gasteiger partial charge < -0.3 is 9.57 Å². The number of rotatable bonds is 4. The average molecular weight is 340 g/mol. The first-order valence-corrected chi connectivity index (χ1v) is 7.88. The molecule has 1 heterocycles. The van der Waals surface area contributed by atoms with Crippen LogP contribution in [0.4, 0.5) is 13.2 Å². The summed E-state index contributed by atoms with van der Waals surface area (Å²) in [6.45, 7) is 0.482. The summed E-state index contributed by atoms with van der Waals surface area (Å²) < 4.78 is 65.9. The van der Waals surface area contributed by atoms with Crippen molar-refractivity contribution in [3.05, 3.63) is 24.3 Å². The van der Waals surface area contributed by atoms with E-state index >= 15 is 0 Å². The number of alkyl halides is 3. The summed E-state index contributed by atoms with van der Waals surface area (Å²) >= 11 is 0. The van der Waals surface area contributed by atoms with E-state index in [4.69, 9.17) is 5.90 Å². The number of benzene rings is 1. The maximum Gasteiger partial charge on any atom is 0.573 e. The molecular formula is C12H15F3N2O4S. The van der Waals surface area contributed by atoms with Gasteiger partial charge in [0, 0.05) is 13.1 Å². The van der Waals surface area contributed by atoms with Crippen LogP contribution in [-0.2, 0) is 14.9 Å². The smallest absolute Gasteiger partial charge is 0.406 e. The van der Waals surface area contributed by atoms with Crippen molar-refractivity contribution >= 4 is 10.0 Å². The molecule has 1 saturated heterocycles. The Kier molecular flexibility index (Phi) is 4.95. The molecule has 0 spiro atoms. The Labute approximate surface area is 125 Å². The van der Waals surface area contributed by atoms with Crippen molar-refractivity contribution in [3.8, 4) is 5.75 Å². The van der Waals surface area contributed by atoms with Crippen LogP contribution >= 0.6 is 0 Å². The topological polar surface area (TPSA) is 81.9 Å². The summed E-state index contributed by atoms with van der Waals surface area (Å²) in [5.41, 5.74) is 0. The number of hydrogen-bond donors (Lipinski definition) is 1. The summed E-state index contributed by atoms with van der Waals surface area (Å²) in [4.78, 5) is 4.59. The van der Waals surface area contributed by atoms with Crippen LogP contribution in [0.2, 0.25) is 0 Å². The first-order valence-electron chi connectivity index (χ1n) is 6.44. The number of halogens is 3. The van der Waals surface area contributed by atoms with E-state index in [0.29, 0.717) is 12.8 Å². The molecule has 10 heteroatoms. The lowest BCUT2D eigenvalue weighted by atomic mass is 10.1. The maximum atomic E-state index is 12.4. The quantitative estimate of drug-likeness (QED) is 0.843. The lowest BCUT2D eigenvalue weighted by Crippen LogP contribution is -2.41. The van der Waals surface area contributed by atoms with Crippen LogP contribution in [0.5, 0.6) is 5.75 Å². The van der Waals surface area contributed by atoms with Crippen molar-refractivity contribution < 1.29 is 31.2 Å². The van der Waals surface area contributed by atoms with Crippen LogP contribution in [0.3, 0.4) is 0 Å². The Hall–Kier alpha value is -1.36. The van der Waals surface area contributed by atoms with E-state index in [0.717, 1.165) is 24.3 Å². The lowest BCUT2D eigenvalue weighted by Gasteiger charge is -2.29. The zero-order valence-corrected chi connectivity index (χ0v) is 12.2. The van der Waals surface area contributed by atoms with Crippen LogP contribution < -0.4 is 10.6 Å². The normalized spacial score (nSPS) is 18.4. The van der Waals surface area contributed by atoms with Gasteiger partial charge in [-0.15, -0.1) is 13.2 Å². The van der Waals surface area contributed by atoms with E-state index in [1.165, 1.54) is 4.31 Å². The minimum absolute atomic E-state index is 0.0888. The van der Waals surface area contributed by atoms with Gasteiger partial charge in [0.15, 0.2) is 0 Å². The molecule has 124 valence electrons. The van der Waals surface area contributed by atoms with Crippen LogP contribution in [0, 0.1) is 0 Å². The highest BCUT2D eigenvalue weighted by Crippen LogP contribution is 2.26. The zero-order valence-electron chi connectivity index (χ0n) is 11.4. The van der Waals surface area contributed by atoms with Gasteiger partial charge in [0.05, 0.1) is 11.0 Å². The molecule has 22 heavy (non-hydrogen) atoms. The molecule has 0 bridgehead atoms. The molecule has 2 rings (SSSR count). The number of nitrogens with two attached hydrogens (primary N) is 1. The number of ether oxygens (including phenoxy) is 1. The maximum absolute atomic E-state index is 12.4. The van der Waals surface area contributed by atoms with Gasteiger partial charge in [-0.1, -0.05) is 0 Å². The van der Waals surface area contributed by atoms with Crippen molar-refractivity contribution in [1.82, 2.24) is 4.31 Å². The van der Waals surface area contributed by atoms with E-state index < -0.39 is 22.1 Å². The standard InChI is InChI=1S/C12H15F3N2O4S/c13-12(14,15)20-9-1-3-11(4-2-9)22(18,19)17-7-5-10(21-16)6-8-17/h1-4,10H,5-8,16H2. The number of sulfonamides is 1. The van der Waals surface area contributed by atoms with Crippen LogP contribution in [-0.4, -0.2) is 38.3 Å². The number of hydrogen-bond acceptors (Lipinski definition) is 5. The van der Waals surface area contributed by atoms with E-state index in [1.54, 1.807) is 0 Å². The van der Waals surface area contributed by atoms with E-state index in [2.05, 4.69) is 9.57 Å². The predicted octanol–water partition coefficient (Wildman–Crippen LogP) is 1.63. The molecule has 0 radical (unpaired) electrons. The van der Waals surface area contributed by atoms with Crippen LogP contribution in [0.25, 0.3) is 0 Å². The summed E-state index contributed by atoms with van der Waals surface area (Å²) in [7, 11) is -3.75. The van der Waals surface area contributed by atoms with Gasteiger partial charge in [-0.25, -0.2) is 14.3 Å². The second-order valence-corrected chi connectivity index (χ2v) is 6.70. The highest BCUT2D eigenvalue weighted by molar-refractivity contribution is 7.89. The zero-order chi connectivity index (χ0) is 16.4. The molecule has 0 atom stereocenters. The van der Waals surface area contributed by atoms with E-state index in [1.807, 2.05) is 0 Å². The fourth-order valence-electron chi connectivity index (χ4n) is 2.17.